The molecule has 0 spiro atoms. The Hall–Kier alpha value is -3.98. The van der Waals surface area contributed by atoms with Gasteiger partial charge >= 0.3 is 0 Å². The van der Waals surface area contributed by atoms with E-state index in [1.807, 2.05) is 42.5 Å². The maximum atomic E-state index is 13.4. The van der Waals surface area contributed by atoms with Crippen LogP contribution in [0.5, 0.6) is 11.5 Å². The van der Waals surface area contributed by atoms with Gasteiger partial charge in [-0.15, -0.1) is 0 Å². The normalized spacial score (nSPS) is 16.6. The molecule has 1 atom stereocenters. The molecule has 3 aromatic rings. The number of nitrogens with one attached hydrogen (secondary N) is 1. The van der Waals surface area contributed by atoms with Crippen LogP contribution in [-0.2, 0) is 16.1 Å². The van der Waals surface area contributed by atoms with E-state index in [1.54, 1.807) is 11.0 Å². The number of para-hydroxylation sites is 1. The summed E-state index contributed by atoms with van der Waals surface area (Å²) >= 11 is 5.68. The van der Waals surface area contributed by atoms with Gasteiger partial charge in [-0.05, 0) is 66.3 Å². The number of rotatable bonds is 5. The van der Waals surface area contributed by atoms with Gasteiger partial charge in [-0.3, -0.25) is 9.59 Å². The molecule has 34 heavy (non-hydrogen) atoms. The van der Waals surface area contributed by atoms with E-state index < -0.39 is 17.8 Å². The molecule has 1 saturated heterocycles. The Labute approximate surface area is 200 Å². The number of carbonyl (C=O) groups is 2. The van der Waals surface area contributed by atoms with Gasteiger partial charge in [0.25, 0.3) is 5.91 Å². The fourth-order valence-electron chi connectivity index (χ4n) is 4.00. The van der Waals surface area contributed by atoms with Gasteiger partial charge in [-0.1, -0.05) is 24.3 Å². The van der Waals surface area contributed by atoms with Crippen molar-refractivity contribution in [3.8, 4) is 11.5 Å². The Morgan fingerprint density at radius 3 is 2.53 bits per heavy atom. The van der Waals surface area contributed by atoms with Gasteiger partial charge in [0, 0.05) is 12.2 Å². The molecule has 0 aliphatic carbocycles. The first-order valence-corrected chi connectivity index (χ1v) is 11.0. The minimum Gasteiger partial charge on any atom is -0.454 e. The van der Waals surface area contributed by atoms with Crippen molar-refractivity contribution in [3.63, 3.8) is 0 Å². The number of hydrogen-bond donors (Lipinski definition) is 1. The van der Waals surface area contributed by atoms with Crippen LogP contribution in [0, 0.1) is 5.82 Å². The van der Waals surface area contributed by atoms with Gasteiger partial charge in [-0.25, -0.2) is 9.29 Å². The molecular weight excluding hydrogens is 457 g/mol. The number of thiocarbonyl (C=S) groups is 1. The Bertz CT molecular complexity index is 1250. The fourth-order valence-corrected chi connectivity index (χ4v) is 4.31. The van der Waals surface area contributed by atoms with Crippen LogP contribution in [0.3, 0.4) is 0 Å². The summed E-state index contributed by atoms with van der Waals surface area (Å²) in [6.07, 6.45) is -0.0582. The molecule has 172 valence electrons. The van der Waals surface area contributed by atoms with Crippen molar-refractivity contribution in [1.29, 1.82) is 0 Å². The monoisotopic (exact) mass is 477 g/mol. The third-order valence-electron chi connectivity index (χ3n) is 5.66. The standard InChI is InChI=1S/C25H20FN3O4S/c26-17-7-9-19(10-8-17)29-23(30)13-20(24(29)31)28(25(34)27-18-4-2-1-3-5-18)14-16-6-11-21-22(12-16)33-15-32-21/h1-12,20H,13-15H2,(H,27,34)/t20-/m0/s1. The van der Waals surface area contributed by atoms with E-state index in [4.69, 9.17) is 21.7 Å². The highest BCUT2D eigenvalue weighted by Crippen LogP contribution is 2.34. The number of halogens is 1. The van der Waals surface area contributed by atoms with Gasteiger partial charge < -0.3 is 19.7 Å². The molecule has 3 aromatic carbocycles. The predicted octanol–water partition coefficient (Wildman–Crippen LogP) is 4.09. The number of hydrogen-bond acceptors (Lipinski definition) is 5. The Kier molecular flexibility index (Phi) is 5.85. The van der Waals surface area contributed by atoms with Crippen LogP contribution in [0.2, 0.25) is 0 Å². The molecule has 2 aliphatic heterocycles. The average Bonchev–Trinajstić information content (AvgIpc) is 3.42. The van der Waals surface area contributed by atoms with Gasteiger partial charge in [0.15, 0.2) is 16.6 Å². The summed E-state index contributed by atoms with van der Waals surface area (Å²) in [7, 11) is 0. The second-order valence-electron chi connectivity index (χ2n) is 7.88. The van der Waals surface area contributed by atoms with Crippen molar-refractivity contribution < 1.29 is 23.5 Å². The van der Waals surface area contributed by atoms with E-state index in [2.05, 4.69) is 5.32 Å². The van der Waals surface area contributed by atoms with Gasteiger partial charge in [-0.2, -0.15) is 0 Å². The zero-order chi connectivity index (χ0) is 23.7. The van der Waals surface area contributed by atoms with Crippen molar-refractivity contribution in [2.75, 3.05) is 17.0 Å². The SMILES string of the molecule is O=C1C[C@H](N(Cc2ccc3c(c2)OCO3)C(=S)Nc2ccccc2)C(=O)N1c1ccc(F)cc1. The summed E-state index contributed by atoms with van der Waals surface area (Å²) in [5, 5.41) is 3.46. The zero-order valence-electron chi connectivity index (χ0n) is 17.9. The van der Waals surface area contributed by atoms with Crippen molar-refractivity contribution in [3.05, 3.63) is 84.2 Å². The Morgan fingerprint density at radius 1 is 1.03 bits per heavy atom. The second-order valence-corrected chi connectivity index (χ2v) is 8.26. The van der Waals surface area contributed by atoms with E-state index >= 15 is 0 Å². The molecular formula is C25H20FN3O4S. The maximum absolute atomic E-state index is 13.4. The van der Waals surface area contributed by atoms with Crippen molar-refractivity contribution in [2.45, 2.75) is 19.0 Å². The molecule has 0 bridgehead atoms. The topological polar surface area (TPSA) is 71.1 Å². The highest BCUT2D eigenvalue weighted by atomic mass is 32.1. The Morgan fingerprint density at radius 2 is 1.76 bits per heavy atom. The molecule has 1 N–H and O–H groups in total. The predicted molar refractivity (Wildman–Crippen MR) is 128 cm³/mol. The molecule has 9 heteroatoms. The molecule has 2 heterocycles. The smallest absolute Gasteiger partial charge is 0.257 e. The lowest BCUT2D eigenvalue weighted by Crippen LogP contribution is -2.46. The maximum Gasteiger partial charge on any atom is 0.257 e. The molecule has 2 amide bonds. The lowest BCUT2D eigenvalue weighted by atomic mass is 10.1. The lowest BCUT2D eigenvalue weighted by Gasteiger charge is -2.30. The largest absolute Gasteiger partial charge is 0.454 e. The van der Waals surface area contributed by atoms with E-state index in [0.717, 1.165) is 16.2 Å². The number of benzene rings is 3. The summed E-state index contributed by atoms with van der Waals surface area (Å²) in [6, 6.07) is 19.3. The molecule has 0 radical (unpaired) electrons. The van der Waals surface area contributed by atoms with Crippen LogP contribution < -0.4 is 19.7 Å². The molecule has 0 unspecified atom stereocenters. The summed E-state index contributed by atoms with van der Waals surface area (Å²) in [5.74, 6) is 0.0162. The minimum atomic E-state index is -0.827. The van der Waals surface area contributed by atoms with E-state index in [9.17, 15) is 14.0 Å². The first kappa shape index (κ1) is 21.8. The molecule has 7 nitrogen and oxygen atoms in total. The third kappa shape index (κ3) is 4.29. The Balaban J connectivity index is 1.44. The number of carbonyl (C=O) groups excluding carboxylic acids is 2. The summed E-state index contributed by atoms with van der Waals surface area (Å²) < 4.78 is 24.2. The van der Waals surface area contributed by atoms with Crippen LogP contribution in [0.15, 0.2) is 72.8 Å². The average molecular weight is 478 g/mol. The number of imide groups is 1. The molecule has 2 aliphatic rings. The number of fused-ring (bicyclic) bond motifs is 1. The molecule has 0 aromatic heterocycles. The molecule has 1 fully saturated rings. The molecule has 5 rings (SSSR count). The summed E-state index contributed by atoms with van der Waals surface area (Å²) in [4.78, 5) is 29.1. The number of anilines is 2. The number of nitrogens with zero attached hydrogens (tertiary/aromatic N) is 2. The van der Waals surface area contributed by atoms with Crippen LogP contribution in [0.1, 0.15) is 12.0 Å². The van der Waals surface area contributed by atoms with E-state index in [0.29, 0.717) is 22.3 Å². The third-order valence-corrected chi connectivity index (χ3v) is 6.00. The van der Waals surface area contributed by atoms with Crippen molar-refractivity contribution >= 4 is 40.5 Å². The van der Waals surface area contributed by atoms with Gasteiger partial charge in [0.1, 0.15) is 11.9 Å². The number of ether oxygens (including phenoxy) is 2. The summed E-state index contributed by atoms with van der Waals surface area (Å²) in [5.41, 5.74) is 1.92. The van der Waals surface area contributed by atoms with E-state index in [1.165, 1.54) is 24.3 Å². The van der Waals surface area contributed by atoms with Crippen molar-refractivity contribution in [1.82, 2.24) is 4.90 Å². The zero-order valence-corrected chi connectivity index (χ0v) is 18.8. The highest BCUT2D eigenvalue weighted by Gasteiger charge is 2.43. The number of amides is 2. The minimum absolute atomic E-state index is 0.0582. The molecule has 0 saturated carbocycles. The van der Waals surface area contributed by atoms with Crippen LogP contribution in [-0.4, -0.2) is 34.7 Å². The fraction of sp³-hybridized carbons (Fsp3) is 0.160. The summed E-state index contributed by atoms with van der Waals surface area (Å²) in [6.45, 7) is 0.412. The van der Waals surface area contributed by atoms with Crippen molar-refractivity contribution in [2.24, 2.45) is 0 Å². The van der Waals surface area contributed by atoms with Crippen LogP contribution in [0.25, 0.3) is 0 Å². The van der Waals surface area contributed by atoms with Gasteiger partial charge in [0.2, 0.25) is 12.7 Å². The second kappa shape index (κ2) is 9.11. The van der Waals surface area contributed by atoms with Crippen LogP contribution >= 0.6 is 12.2 Å². The first-order valence-electron chi connectivity index (χ1n) is 10.6. The van der Waals surface area contributed by atoms with Crippen LogP contribution in [0.4, 0.5) is 15.8 Å². The quantitative estimate of drug-likeness (QED) is 0.439. The lowest BCUT2D eigenvalue weighted by molar-refractivity contribution is -0.122. The first-order chi connectivity index (χ1) is 16.5. The van der Waals surface area contributed by atoms with E-state index in [-0.39, 0.29) is 25.7 Å². The highest BCUT2D eigenvalue weighted by molar-refractivity contribution is 7.80. The van der Waals surface area contributed by atoms with Gasteiger partial charge in [0.05, 0.1) is 12.1 Å².